The van der Waals surface area contributed by atoms with Crippen molar-refractivity contribution in [2.45, 2.75) is 64.0 Å². The molecule has 6 nitrogen and oxygen atoms in total. The van der Waals surface area contributed by atoms with Crippen LogP contribution in [0.3, 0.4) is 0 Å². The molecule has 0 radical (unpaired) electrons. The van der Waals surface area contributed by atoms with E-state index in [0.29, 0.717) is 13.0 Å². The van der Waals surface area contributed by atoms with Crippen LogP contribution in [0.2, 0.25) is 0 Å². The van der Waals surface area contributed by atoms with E-state index in [-0.39, 0.29) is 29.3 Å². The Morgan fingerprint density at radius 1 is 1.21 bits per heavy atom. The molecule has 3 rings (SSSR count). The highest BCUT2D eigenvalue weighted by Crippen LogP contribution is 2.57. The first-order valence-electron chi connectivity index (χ1n) is 9.35. The normalized spacial score (nSPS) is 34.9. The molecular weight excluding hydrogens is 306 g/mol. The summed E-state index contributed by atoms with van der Waals surface area (Å²) in [6, 6.07) is 0. The summed E-state index contributed by atoms with van der Waals surface area (Å²) in [7, 11) is 0. The smallest absolute Gasteiger partial charge is 0.241 e. The zero-order chi connectivity index (χ0) is 17.4. The van der Waals surface area contributed by atoms with E-state index in [1.165, 1.54) is 6.42 Å². The fourth-order valence-corrected chi connectivity index (χ4v) is 4.77. The van der Waals surface area contributed by atoms with Gasteiger partial charge in [-0.25, -0.2) is 0 Å². The number of carbonyl (C=O) groups is 2. The minimum Gasteiger partial charge on any atom is -0.377 e. The van der Waals surface area contributed by atoms with Crippen molar-refractivity contribution in [3.8, 4) is 0 Å². The van der Waals surface area contributed by atoms with Crippen LogP contribution < -0.4 is 11.1 Å². The van der Waals surface area contributed by atoms with Crippen molar-refractivity contribution < 1.29 is 14.3 Å². The molecule has 1 aliphatic carbocycles. The summed E-state index contributed by atoms with van der Waals surface area (Å²) in [5, 5.41) is 2.92. The monoisotopic (exact) mass is 337 g/mol. The second-order valence-corrected chi connectivity index (χ2v) is 8.08. The third-order valence-electron chi connectivity index (χ3n) is 6.39. The molecule has 3 aliphatic rings. The Balaban J connectivity index is 1.52. The number of amides is 2. The fourth-order valence-electron chi connectivity index (χ4n) is 4.77. The highest BCUT2D eigenvalue weighted by atomic mass is 16.5. The summed E-state index contributed by atoms with van der Waals surface area (Å²) in [6.07, 6.45) is 5.68. The minimum absolute atomic E-state index is 0.0666. The molecule has 3 unspecified atom stereocenters. The topological polar surface area (TPSA) is 84.7 Å². The van der Waals surface area contributed by atoms with Crippen LogP contribution in [0.15, 0.2) is 0 Å². The van der Waals surface area contributed by atoms with Crippen molar-refractivity contribution in [3.05, 3.63) is 0 Å². The maximum absolute atomic E-state index is 12.8. The number of piperidine rings is 1. The van der Waals surface area contributed by atoms with E-state index < -0.39 is 5.54 Å². The van der Waals surface area contributed by atoms with Crippen LogP contribution >= 0.6 is 0 Å². The lowest BCUT2D eigenvalue weighted by atomic mass is 9.46. The van der Waals surface area contributed by atoms with E-state index in [4.69, 9.17) is 10.5 Å². The Labute approximate surface area is 144 Å². The van der Waals surface area contributed by atoms with Crippen molar-refractivity contribution in [3.63, 3.8) is 0 Å². The van der Waals surface area contributed by atoms with Crippen LogP contribution in [-0.4, -0.2) is 54.6 Å². The number of fused-ring (bicyclic) bond motifs is 1. The van der Waals surface area contributed by atoms with Gasteiger partial charge in [-0.3, -0.25) is 9.59 Å². The van der Waals surface area contributed by atoms with Crippen molar-refractivity contribution in [1.29, 1.82) is 0 Å². The molecule has 0 bridgehead atoms. The standard InChI is InChI=1S/C18H31N3O3/c1-17(2)15-13(7-6-12-24-15)18(17,19)16(23)20-9-8-14(22)21-10-4-3-5-11-21/h13,15H,3-12,19H2,1-2H3,(H,20,23). The highest BCUT2D eigenvalue weighted by molar-refractivity contribution is 5.90. The lowest BCUT2D eigenvalue weighted by molar-refractivity contribution is -0.225. The van der Waals surface area contributed by atoms with Crippen LogP contribution in [0.25, 0.3) is 0 Å². The number of nitrogens with one attached hydrogen (secondary N) is 1. The van der Waals surface area contributed by atoms with Crippen LogP contribution in [-0.2, 0) is 14.3 Å². The predicted octanol–water partition coefficient (Wildman–Crippen LogP) is 1.04. The summed E-state index contributed by atoms with van der Waals surface area (Å²) in [6.45, 7) is 6.84. The Kier molecular flexibility index (Phi) is 4.89. The van der Waals surface area contributed by atoms with Gasteiger partial charge < -0.3 is 20.7 Å². The van der Waals surface area contributed by atoms with E-state index in [1.54, 1.807) is 0 Å². The number of nitrogens with two attached hydrogens (primary N) is 1. The van der Waals surface area contributed by atoms with Crippen molar-refractivity contribution >= 4 is 11.8 Å². The number of ether oxygens (including phenoxy) is 1. The van der Waals surface area contributed by atoms with E-state index in [9.17, 15) is 9.59 Å². The molecule has 24 heavy (non-hydrogen) atoms. The molecule has 3 N–H and O–H groups in total. The average Bonchev–Trinajstić information content (AvgIpc) is 2.61. The summed E-state index contributed by atoms with van der Waals surface area (Å²) >= 11 is 0. The van der Waals surface area contributed by atoms with E-state index >= 15 is 0 Å². The molecule has 0 aromatic rings. The van der Waals surface area contributed by atoms with Crippen molar-refractivity contribution in [1.82, 2.24) is 10.2 Å². The van der Waals surface area contributed by atoms with Crippen LogP contribution in [0, 0.1) is 11.3 Å². The second kappa shape index (κ2) is 6.64. The second-order valence-electron chi connectivity index (χ2n) is 8.08. The van der Waals surface area contributed by atoms with Gasteiger partial charge in [-0.05, 0) is 32.1 Å². The van der Waals surface area contributed by atoms with Gasteiger partial charge in [-0.15, -0.1) is 0 Å². The van der Waals surface area contributed by atoms with Gasteiger partial charge in [-0.1, -0.05) is 13.8 Å². The maximum atomic E-state index is 12.8. The zero-order valence-electron chi connectivity index (χ0n) is 15.0. The molecule has 0 spiro atoms. The molecular formula is C18H31N3O3. The molecule has 0 aromatic heterocycles. The summed E-state index contributed by atoms with van der Waals surface area (Å²) < 4.78 is 5.84. The first kappa shape index (κ1) is 17.7. The minimum atomic E-state index is -0.897. The van der Waals surface area contributed by atoms with Gasteiger partial charge in [0.2, 0.25) is 11.8 Å². The molecule has 6 heteroatoms. The van der Waals surface area contributed by atoms with Gasteiger partial charge in [0.1, 0.15) is 5.54 Å². The Bertz CT molecular complexity index is 502. The summed E-state index contributed by atoms with van der Waals surface area (Å²) in [4.78, 5) is 26.9. The van der Waals surface area contributed by atoms with Gasteiger partial charge in [0.05, 0.1) is 6.10 Å². The number of hydrogen-bond donors (Lipinski definition) is 2. The lowest BCUT2D eigenvalue weighted by Crippen LogP contribution is -2.82. The average molecular weight is 337 g/mol. The Hall–Kier alpha value is -1.14. The van der Waals surface area contributed by atoms with Gasteiger partial charge in [-0.2, -0.15) is 0 Å². The fraction of sp³-hybridized carbons (Fsp3) is 0.889. The third kappa shape index (κ3) is 2.73. The molecule has 2 heterocycles. The molecule has 1 saturated carbocycles. The number of carbonyl (C=O) groups excluding carboxylic acids is 2. The Morgan fingerprint density at radius 2 is 1.92 bits per heavy atom. The van der Waals surface area contributed by atoms with Crippen molar-refractivity contribution in [2.75, 3.05) is 26.2 Å². The van der Waals surface area contributed by atoms with E-state index in [2.05, 4.69) is 5.32 Å². The molecule has 136 valence electrons. The molecule has 3 atom stereocenters. The van der Waals surface area contributed by atoms with E-state index in [1.807, 2.05) is 18.7 Å². The highest BCUT2D eigenvalue weighted by Gasteiger charge is 2.70. The molecule has 2 aliphatic heterocycles. The summed E-state index contributed by atoms with van der Waals surface area (Å²) in [5.74, 6) is 0.0811. The summed E-state index contributed by atoms with van der Waals surface area (Å²) in [5.41, 5.74) is 5.28. The van der Waals surface area contributed by atoms with Gasteiger partial charge >= 0.3 is 0 Å². The molecule has 0 aromatic carbocycles. The lowest BCUT2D eigenvalue weighted by Gasteiger charge is -2.65. The molecule has 2 saturated heterocycles. The van der Waals surface area contributed by atoms with Gasteiger partial charge in [0, 0.05) is 44.0 Å². The Morgan fingerprint density at radius 3 is 2.62 bits per heavy atom. The molecule has 3 fully saturated rings. The van der Waals surface area contributed by atoms with Crippen molar-refractivity contribution in [2.24, 2.45) is 17.1 Å². The quantitative estimate of drug-likeness (QED) is 0.803. The van der Waals surface area contributed by atoms with Gasteiger partial charge in [0.15, 0.2) is 0 Å². The van der Waals surface area contributed by atoms with Crippen LogP contribution in [0.1, 0.15) is 52.4 Å². The number of rotatable bonds is 4. The first-order chi connectivity index (χ1) is 11.4. The first-order valence-corrected chi connectivity index (χ1v) is 9.35. The predicted molar refractivity (Wildman–Crippen MR) is 91.2 cm³/mol. The maximum Gasteiger partial charge on any atom is 0.241 e. The van der Waals surface area contributed by atoms with Crippen LogP contribution in [0.4, 0.5) is 0 Å². The van der Waals surface area contributed by atoms with Crippen LogP contribution in [0.5, 0.6) is 0 Å². The molecule has 2 amide bonds. The van der Waals surface area contributed by atoms with Gasteiger partial charge in [0.25, 0.3) is 0 Å². The number of hydrogen-bond acceptors (Lipinski definition) is 4. The third-order valence-corrected chi connectivity index (χ3v) is 6.39. The van der Waals surface area contributed by atoms with E-state index in [0.717, 1.165) is 45.4 Å². The number of likely N-dealkylation sites (tertiary alicyclic amines) is 1. The largest absolute Gasteiger partial charge is 0.377 e. The SMILES string of the molecule is CC1(C)C2OCCCC2C1(N)C(=O)NCCC(=O)N1CCCCC1. The number of nitrogens with zero attached hydrogens (tertiary/aromatic N) is 1. The zero-order valence-corrected chi connectivity index (χ0v) is 15.0.